The molecule has 1 fully saturated rings. The number of amides is 1. The zero-order valence-electron chi connectivity index (χ0n) is 13.5. The van der Waals surface area contributed by atoms with Crippen LogP contribution in [-0.2, 0) is 4.74 Å². The minimum absolute atomic E-state index is 0.0393. The zero-order valence-corrected chi connectivity index (χ0v) is 14.3. The van der Waals surface area contributed by atoms with Crippen LogP contribution in [0.2, 0.25) is 5.02 Å². The van der Waals surface area contributed by atoms with Gasteiger partial charge in [0.25, 0.3) is 0 Å². The molecule has 1 unspecified atom stereocenters. The fraction of sp³-hybridized carbons (Fsp3) is 0.471. The maximum Gasteiger partial charge on any atom is 0.410 e. The van der Waals surface area contributed by atoms with E-state index in [0.717, 1.165) is 23.4 Å². The lowest BCUT2D eigenvalue weighted by Crippen LogP contribution is -2.47. The monoisotopic (exact) mass is 333 g/mol. The van der Waals surface area contributed by atoms with Crippen molar-refractivity contribution < 1.29 is 9.53 Å². The zero-order chi connectivity index (χ0) is 16.6. The fourth-order valence-electron chi connectivity index (χ4n) is 2.76. The maximum atomic E-state index is 12.3. The molecule has 0 bridgehead atoms. The predicted octanol–water partition coefficient (Wildman–Crippen LogP) is 3.76. The van der Waals surface area contributed by atoms with E-state index in [-0.39, 0.29) is 12.0 Å². The quantitative estimate of drug-likeness (QED) is 0.785. The molecule has 2 aliphatic rings. The van der Waals surface area contributed by atoms with Crippen LogP contribution in [0, 0.1) is 5.92 Å². The molecule has 23 heavy (non-hydrogen) atoms. The predicted molar refractivity (Wildman–Crippen MR) is 91.3 cm³/mol. The average Bonchev–Trinajstić information content (AvgIpc) is 2.89. The fourth-order valence-corrected chi connectivity index (χ4v) is 2.89. The molecule has 1 aromatic carbocycles. The normalized spacial score (nSPS) is 20.7. The molecule has 0 saturated carbocycles. The van der Waals surface area contributed by atoms with E-state index in [0.29, 0.717) is 18.1 Å². The number of carbonyl (C=O) groups excluding carboxylic acids is 1. The summed E-state index contributed by atoms with van der Waals surface area (Å²) in [7, 11) is 0. The number of rotatable bonds is 1. The van der Waals surface area contributed by atoms with E-state index in [2.05, 4.69) is 10.2 Å². The third-order valence-corrected chi connectivity index (χ3v) is 4.10. The van der Waals surface area contributed by atoms with Crippen molar-refractivity contribution in [3.05, 3.63) is 34.9 Å². The highest BCUT2D eigenvalue weighted by Gasteiger charge is 2.36. The molecular weight excluding hydrogens is 314 g/mol. The van der Waals surface area contributed by atoms with Crippen molar-refractivity contribution in [3.63, 3.8) is 0 Å². The Balaban J connectivity index is 1.74. The number of piperidine rings is 1. The van der Waals surface area contributed by atoms with E-state index < -0.39 is 5.60 Å². The van der Waals surface area contributed by atoms with Crippen molar-refractivity contribution >= 4 is 29.1 Å². The highest BCUT2D eigenvalue weighted by Crippen LogP contribution is 2.26. The SMILES string of the molecule is CC(C)(C)OC(=O)N1CCC2=NN=C(c3ccc(Cl)cc3)C2C1. The number of ether oxygens (including phenoxy) is 1. The van der Waals surface area contributed by atoms with Crippen LogP contribution in [-0.4, -0.2) is 41.1 Å². The van der Waals surface area contributed by atoms with Gasteiger partial charge in [0.05, 0.1) is 17.3 Å². The highest BCUT2D eigenvalue weighted by molar-refractivity contribution is 6.30. The van der Waals surface area contributed by atoms with Crippen molar-refractivity contribution in [2.45, 2.75) is 32.8 Å². The molecule has 0 spiro atoms. The van der Waals surface area contributed by atoms with Crippen molar-refractivity contribution in [1.82, 2.24) is 4.90 Å². The average molecular weight is 334 g/mol. The second kappa shape index (κ2) is 5.96. The molecule has 0 N–H and O–H groups in total. The number of carbonyl (C=O) groups is 1. The molecule has 1 atom stereocenters. The lowest BCUT2D eigenvalue weighted by atomic mass is 9.88. The van der Waals surface area contributed by atoms with Gasteiger partial charge in [-0.05, 0) is 38.5 Å². The van der Waals surface area contributed by atoms with Gasteiger partial charge in [-0.25, -0.2) is 4.79 Å². The molecule has 6 heteroatoms. The first-order valence-corrected chi connectivity index (χ1v) is 8.09. The van der Waals surface area contributed by atoms with Gasteiger partial charge >= 0.3 is 6.09 Å². The molecule has 1 aromatic rings. The van der Waals surface area contributed by atoms with Crippen molar-refractivity contribution in [2.75, 3.05) is 13.1 Å². The summed E-state index contributed by atoms with van der Waals surface area (Å²) in [5.74, 6) is 0.0393. The number of hydrogen-bond donors (Lipinski definition) is 0. The lowest BCUT2D eigenvalue weighted by molar-refractivity contribution is 0.0238. The first kappa shape index (κ1) is 16.0. The number of likely N-dealkylation sites (tertiary alicyclic amines) is 1. The number of halogens is 1. The Kier molecular flexibility index (Phi) is 4.15. The van der Waals surface area contributed by atoms with Crippen LogP contribution in [0.15, 0.2) is 34.5 Å². The molecule has 0 radical (unpaired) electrons. The Morgan fingerprint density at radius 2 is 1.96 bits per heavy atom. The van der Waals surface area contributed by atoms with E-state index >= 15 is 0 Å². The van der Waals surface area contributed by atoms with Crippen LogP contribution in [0.4, 0.5) is 4.79 Å². The summed E-state index contributed by atoms with van der Waals surface area (Å²) in [6.45, 7) is 6.79. The van der Waals surface area contributed by atoms with Crippen LogP contribution in [0.5, 0.6) is 0 Å². The molecule has 2 heterocycles. The summed E-state index contributed by atoms with van der Waals surface area (Å²) in [6.07, 6.45) is 0.448. The van der Waals surface area contributed by atoms with Gasteiger partial charge in [-0.1, -0.05) is 23.7 Å². The summed E-state index contributed by atoms with van der Waals surface area (Å²) in [4.78, 5) is 14.0. The molecule has 1 saturated heterocycles. The van der Waals surface area contributed by atoms with E-state index in [9.17, 15) is 4.79 Å². The van der Waals surface area contributed by atoms with Gasteiger partial charge in [0.2, 0.25) is 0 Å². The minimum atomic E-state index is -0.492. The van der Waals surface area contributed by atoms with E-state index in [1.54, 1.807) is 4.90 Å². The summed E-state index contributed by atoms with van der Waals surface area (Å²) in [6, 6.07) is 7.55. The second-order valence-corrected chi connectivity index (χ2v) is 7.25. The van der Waals surface area contributed by atoms with Gasteiger partial charge in [-0.2, -0.15) is 10.2 Å². The van der Waals surface area contributed by atoms with Gasteiger partial charge in [0, 0.05) is 24.5 Å². The largest absolute Gasteiger partial charge is 0.444 e. The molecule has 2 aliphatic heterocycles. The topological polar surface area (TPSA) is 54.3 Å². The first-order valence-electron chi connectivity index (χ1n) is 7.72. The summed E-state index contributed by atoms with van der Waals surface area (Å²) in [5, 5.41) is 9.32. The molecule has 3 rings (SSSR count). The van der Waals surface area contributed by atoms with Crippen molar-refractivity contribution in [1.29, 1.82) is 0 Å². The van der Waals surface area contributed by atoms with E-state index in [1.165, 1.54) is 0 Å². The van der Waals surface area contributed by atoms with Gasteiger partial charge in [-0.3, -0.25) is 0 Å². The summed E-state index contributed by atoms with van der Waals surface area (Å²) >= 11 is 5.94. The number of hydrogen-bond acceptors (Lipinski definition) is 4. The van der Waals surface area contributed by atoms with Crippen LogP contribution in [0.3, 0.4) is 0 Å². The molecule has 0 aromatic heterocycles. The Hall–Kier alpha value is -1.88. The van der Waals surface area contributed by atoms with Crippen molar-refractivity contribution in [2.24, 2.45) is 16.1 Å². The maximum absolute atomic E-state index is 12.3. The third kappa shape index (κ3) is 3.55. The van der Waals surface area contributed by atoms with E-state index in [4.69, 9.17) is 16.3 Å². The molecule has 122 valence electrons. The highest BCUT2D eigenvalue weighted by atomic mass is 35.5. The van der Waals surface area contributed by atoms with Crippen LogP contribution < -0.4 is 0 Å². The van der Waals surface area contributed by atoms with Gasteiger partial charge in [0.1, 0.15) is 5.60 Å². The first-order chi connectivity index (χ1) is 10.8. The standard InChI is InChI=1S/C17H20ClN3O2/c1-17(2,3)23-16(22)21-9-8-14-13(10-21)15(20-19-14)11-4-6-12(18)7-5-11/h4-7,13H,8-10H2,1-3H3. The smallest absolute Gasteiger partial charge is 0.410 e. The van der Waals surface area contributed by atoms with Gasteiger partial charge < -0.3 is 9.64 Å². The molecule has 0 aliphatic carbocycles. The number of fused-ring (bicyclic) bond motifs is 1. The number of benzene rings is 1. The number of nitrogens with zero attached hydrogens (tertiary/aromatic N) is 3. The van der Waals surface area contributed by atoms with Gasteiger partial charge in [0.15, 0.2) is 0 Å². The van der Waals surface area contributed by atoms with Crippen LogP contribution in [0.1, 0.15) is 32.8 Å². The molecule has 1 amide bonds. The second-order valence-electron chi connectivity index (χ2n) is 6.81. The van der Waals surface area contributed by atoms with E-state index in [1.807, 2.05) is 45.0 Å². The Morgan fingerprint density at radius 3 is 2.61 bits per heavy atom. The Bertz CT molecular complexity index is 674. The van der Waals surface area contributed by atoms with Gasteiger partial charge in [-0.15, -0.1) is 0 Å². The Morgan fingerprint density at radius 1 is 1.26 bits per heavy atom. The van der Waals surface area contributed by atoms with Crippen molar-refractivity contribution in [3.8, 4) is 0 Å². The lowest BCUT2D eigenvalue weighted by Gasteiger charge is -2.33. The summed E-state index contributed by atoms with van der Waals surface area (Å²) in [5.41, 5.74) is 2.43. The molecule has 5 nitrogen and oxygen atoms in total. The Labute approximate surface area is 141 Å². The van der Waals surface area contributed by atoms with Crippen LogP contribution in [0.25, 0.3) is 0 Å². The summed E-state index contributed by atoms with van der Waals surface area (Å²) < 4.78 is 5.47. The van der Waals surface area contributed by atoms with Crippen LogP contribution >= 0.6 is 11.6 Å². The molecular formula is C17H20ClN3O2. The minimum Gasteiger partial charge on any atom is -0.444 e. The third-order valence-electron chi connectivity index (χ3n) is 3.85.